The first-order chi connectivity index (χ1) is 8.24. The number of nitrogens with one attached hydrogen (secondary N) is 1. The van der Waals surface area contributed by atoms with Crippen molar-refractivity contribution in [1.82, 2.24) is 5.48 Å². The van der Waals surface area contributed by atoms with Crippen molar-refractivity contribution in [2.75, 3.05) is 0 Å². The van der Waals surface area contributed by atoms with E-state index in [1.165, 1.54) is 18.9 Å². The van der Waals surface area contributed by atoms with Gasteiger partial charge in [0, 0.05) is 6.04 Å². The highest BCUT2D eigenvalue weighted by Crippen LogP contribution is 2.20. The van der Waals surface area contributed by atoms with Crippen molar-refractivity contribution in [3.63, 3.8) is 0 Å². The molecule has 3 heteroatoms. The van der Waals surface area contributed by atoms with E-state index in [-0.39, 0.29) is 11.9 Å². The SMILES string of the molecule is CC(Cc1cccc(F)c1)NOC1CCCC1. The highest BCUT2D eigenvalue weighted by molar-refractivity contribution is 5.17. The van der Waals surface area contributed by atoms with Crippen LogP contribution in [0.2, 0.25) is 0 Å². The van der Waals surface area contributed by atoms with Crippen LogP contribution in [0.25, 0.3) is 0 Å². The molecule has 1 unspecified atom stereocenters. The first kappa shape index (κ1) is 12.5. The lowest BCUT2D eigenvalue weighted by atomic mass is 10.1. The summed E-state index contributed by atoms with van der Waals surface area (Å²) in [7, 11) is 0. The number of hydroxylamine groups is 1. The van der Waals surface area contributed by atoms with Crippen LogP contribution in [-0.2, 0) is 11.3 Å². The van der Waals surface area contributed by atoms with Crippen molar-refractivity contribution in [2.24, 2.45) is 0 Å². The molecule has 0 bridgehead atoms. The predicted octanol–water partition coefficient (Wildman–Crippen LogP) is 3.22. The summed E-state index contributed by atoms with van der Waals surface area (Å²) >= 11 is 0. The van der Waals surface area contributed by atoms with Gasteiger partial charge >= 0.3 is 0 Å². The highest BCUT2D eigenvalue weighted by Gasteiger charge is 2.16. The molecule has 0 amide bonds. The van der Waals surface area contributed by atoms with Gasteiger partial charge in [-0.2, -0.15) is 5.48 Å². The third kappa shape index (κ3) is 4.10. The molecule has 1 aliphatic rings. The summed E-state index contributed by atoms with van der Waals surface area (Å²) in [5.41, 5.74) is 4.07. The van der Waals surface area contributed by atoms with Crippen LogP contribution in [0, 0.1) is 5.82 Å². The van der Waals surface area contributed by atoms with Crippen LogP contribution in [0.5, 0.6) is 0 Å². The van der Waals surface area contributed by atoms with E-state index in [2.05, 4.69) is 12.4 Å². The quantitative estimate of drug-likeness (QED) is 0.794. The Bertz CT molecular complexity index is 350. The molecule has 0 aliphatic heterocycles. The van der Waals surface area contributed by atoms with Crippen molar-refractivity contribution in [3.8, 4) is 0 Å². The molecule has 0 radical (unpaired) electrons. The molecule has 0 heterocycles. The van der Waals surface area contributed by atoms with Gasteiger partial charge in [-0.3, -0.25) is 4.84 Å². The monoisotopic (exact) mass is 237 g/mol. The Morgan fingerprint density at radius 3 is 2.88 bits per heavy atom. The van der Waals surface area contributed by atoms with Gasteiger partial charge in [0.05, 0.1) is 6.10 Å². The Balaban J connectivity index is 1.74. The maximum absolute atomic E-state index is 13.0. The maximum Gasteiger partial charge on any atom is 0.123 e. The lowest BCUT2D eigenvalue weighted by Crippen LogP contribution is -2.31. The average Bonchev–Trinajstić information content (AvgIpc) is 2.79. The van der Waals surface area contributed by atoms with E-state index in [1.54, 1.807) is 12.1 Å². The molecule has 1 atom stereocenters. The summed E-state index contributed by atoms with van der Waals surface area (Å²) in [6, 6.07) is 6.94. The number of rotatable bonds is 5. The van der Waals surface area contributed by atoms with Crippen LogP contribution in [0.3, 0.4) is 0 Å². The smallest absolute Gasteiger partial charge is 0.123 e. The van der Waals surface area contributed by atoms with Crippen LogP contribution in [0.1, 0.15) is 38.2 Å². The summed E-state index contributed by atoms with van der Waals surface area (Å²) in [6.07, 6.45) is 5.99. The molecule has 1 aliphatic carbocycles. The van der Waals surface area contributed by atoms with E-state index in [0.29, 0.717) is 6.10 Å². The van der Waals surface area contributed by atoms with Gasteiger partial charge in [0.2, 0.25) is 0 Å². The second kappa shape index (κ2) is 6.12. The lowest BCUT2D eigenvalue weighted by molar-refractivity contribution is -0.0369. The van der Waals surface area contributed by atoms with E-state index in [4.69, 9.17) is 4.84 Å². The average molecular weight is 237 g/mol. The minimum Gasteiger partial charge on any atom is -0.298 e. The maximum atomic E-state index is 13.0. The third-order valence-electron chi connectivity index (χ3n) is 3.17. The number of hydrogen-bond donors (Lipinski definition) is 1. The fraction of sp³-hybridized carbons (Fsp3) is 0.571. The molecule has 1 N–H and O–H groups in total. The van der Waals surface area contributed by atoms with Crippen molar-refractivity contribution < 1.29 is 9.23 Å². The van der Waals surface area contributed by atoms with Gasteiger partial charge in [-0.05, 0) is 43.9 Å². The van der Waals surface area contributed by atoms with Gasteiger partial charge < -0.3 is 0 Å². The second-order valence-corrected chi connectivity index (χ2v) is 4.88. The Morgan fingerprint density at radius 1 is 1.41 bits per heavy atom. The predicted molar refractivity (Wildman–Crippen MR) is 66.0 cm³/mol. The van der Waals surface area contributed by atoms with Gasteiger partial charge in [-0.25, -0.2) is 4.39 Å². The molecular formula is C14H20FNO. The molecule has 94 valence electrons. The first-order valence-electron chi connectivity index (χ1n) is 6.39. The summed E-state index contributed by atoms with van der Waals surface area (Å²) in [6.45, 7) is 2.06. The van der Waals surface area contributed by atoms with Gasteiger partial charge in [-0.15, -0.1) is 0 Å². The van der Waals surface area contributed by atoms with E-state index in [0.717, 1.165) is 24.8 Å². The zero-order valence-electron chi connectivity index (χ0n) is 10.3. The van der Waals surface area contributed by atoms with Crippen molar-refractivity contribution in [1.29, 1.82) is 0 Å². The number of hydrogen-bond acceptors (Lipinski definition) is 2. The van der Waals surface area contributed by atoms with E-state index >= 15 is 0 Å². The topological polar surface area (TPSA) is 21.3 Å². The highest BCUT2D eigenvalue weighted by atomic mass is 19.1. The Morgan fingerprint density at radius 2 is 2.18 bits per heavy atom. The molecular weight excluding hydrogens is 217 g/mol. The molecule has 2 rings (SSSR count). The second-order valence-electron chi connectivity index (χ2n) is 4.88. The molecule has 17 heavy (non-hydrogen) atoms. The zero-order chi connectivity index (χ0) is 12.1. The van der Waals surface area contributed by atoms with E-state index in [9.17, 15) is 4.39 Å². The van der Waals surface area contributed by atoms with Crippen LogP contribution >= 0.6 is 0 Å². The molecule has 0 aromatic heterocycles. The molecule has 2 nitrogen and oxygen atoms in total. The molecule has 1 aromatic rings. The summed E-state index contributed by atoms with van der Waals surface area (Å²) in [4.78, 5) is 5.62. The Hall–Kier alpha value is -0.930. The molecule has 1 aromatic carbocycles. The van der Waals surface area contributed by atoms with Gasteiger partial charge in [-0.1, -0.05) is 25.0 Å². The molecule has 0 spiro atoms. The molecule has 1 saturated carbocycles. The van der Waals surface area contributed by atoms with Gasteiger partial charge in [0.25, 0.3) is 0 Å². The van der Waals surface area contributed by atoms with Crippen LogP contribution in [0.15, 0.2) is 24.3 Å². The van der Waals surface area contributed by atoms with Crippen molar-refractivity contribution >= 4 is 0 Å². The fourth-order valence-corrected chi connectivity index (χ4v) is 2.28. The standard InChI is InChI=1S/C14H20FNO/c1-11(16-17-14-7-2-3-8-14)9-12-5-4-6-13(15)10-12/h4-6,10-11,14,16H,2-3,7-9H2,1H3. The summed E-state index contributed by atoms with van der Waals surface area (Å²) < 4.78 is 13.0. The summed E-state index contributed by atoms with van der Waals surface area (Å²) in [5, 5.41) is 0. The molecule has 1 fully saturated rings. The van der Waals surface area contributed by atoms with E-state index < -0.39 is 0 Å². The largest absolute Gasteiger partial charge is 0.298 e. The van der Waals surface area contributed by atoms with Crippen molar-refractivity contribution in [2.45, 2.75) is 51.2 Å². The Labute approximate surface area is 102 Å². The normalized spacial score (nSPS) is 18.5. The van der Waals surface area contributed by atoms with Crippen LogP contribution < -0.4 is 5.48 Å². The molecule has 0 saturated heterocycles. The minimum absolute atomic E-state index is 0.175. The van der Waals surface area contributed by atoms with Crippen LogP contribution in [-0.4, -0.2) is 12.1 Å². The zero-order valence-corrected chi connectivity index (χ0v) is 10.3. The minimum atomic E-state index is -0.175. The third-order valence-corrected chi connectivity index (χ3v) is 3.17. The van der Waals surface area contributed by atoms with Gasteiger partial charge in [0.1, 0.15) is 5.82 Å². The van der Waals surface area contributed by atoms with Crippen molar-refractivity contribution in [3.05, 3.63) is 35.6 Å². The van der Waals surface area contributed by atoms with E-state index in [1.807, 2.05) is 6.07 Å². The lowest BCUT2D eigenvalue weighted by Gasteiger charge is -2.17. The van der Waals surface area contributed by atoms with Gasteiger partial charge in [0.15, 0.2) is 0 Å². The number of benzene rings is 1. The number of halogens is 1. The van der Waals surface area contributed by atoms with Crippen LogP contribution in [0.4, 0.5) is 4.39 Å². The fourth-order valence-electron chi connectivity index (χ4n) is 2.28. The summed E-state index contributed by atoms with van der Waals surface area (Å²) in [5.74, 6) is -0.175. The first-order valence-corrected chi connectivity index (χ1v) is 6.39. The Kier molecular flexibility index (Phi) is 4.51.